The molecule has 0 saturated heterocycles. The molecule has 0 aromatic carbocycles. The lowest BCUT2D eigenvalue weighted by Crippen LogP contribution is -2.49. The quantitative estimate of drug-likeness (QED) is 0.715. The summed E-state index contributed by atoms with van der Waals surface area (Å²) in [5, 5.41) is 3.35. The van der Waals surface area contributed by atoms with E-state index >= 15 is 0 Å². The lowest BCUT2D eigenvalue weighted by atomic mass is 9.71. The number of fused-ring (bicyclic) bond motifs is 1. The van der Waals surface area contributed by atoms with Crippen LogP contribution >= 0.6 is 0 Å². The molecule has 0 aliphatic heterocycles. The van der Waals surface area contributed by atoms with E-state index in [0.29, 0.717) is 18.5 Å². The Labute approximate surface area is 91.9 Å². The molecule has 3 unspecified atom stereocenters. The maximum atomic E-state index is 11.3. The predicted octanol–water partition coefficient (Wildman–Crippen LogP) is 0.975. The first-order valence-electron chi connectivity index (χ1n) is 5.73. The largest absolute Gasteiger partial charge is 0.312 e. The van der Waals surface area contributed by atoms with Crippen molar-refractivity contribution >= 4 is 9.84 Å². The standard InChI is InChI=1S/C11H19NO2S/c1-2-15(13,14)7-6-12-11-8-9-4-3-5-10(9)11/h3,5,9-12H,2,4,6-8H2,1H3. The Morgan fingerprint density at radius 1 is 1.47 bits per heavy atom. The van der Waals surface area contributed by atoms with Gasteiger partial charge in [-0.3, -0.25) is 0 Å². The molecular formula is C11H19NO2S. The van der Waals surface area contributed by atoms with Crippen LogP contribution in [-0.4, -0.2) is 32.5 Å². The van der Waals surface area contributed by atoms with Gasteiger partial charge in [-0.15, -0.1) is 0 Å². The highest BCUT2D eigenvalue weighted by Crippen LogP contribution is 2.42. The molecule has 1 N–H and O–H groups in total. The molecule has 0 amide bonds. The molecule has 1 saturated carbocycles. The number of rotatable bonds is 5. The first-order valence-corrected chi connectivity index (χ1v) is 7.55. The van der Waals surface area contributed by atoms with Crippen molar-refractivity contribution in [1.82, 2.24) is 5.32 Å². The maximum absolute atomic E-state index is 11.3. The highest BCUT2D eigenvalue weighted by molar-refractivity contribution is 7.91. The smallest absolute Gasteiger partial charge is 0.151 e. The maximum Gasteiger partial charge on any atom is 0.151 e. The van der Waals surface area contributed by atoms with Crippen LogP contribution in [-0.2, 0) is 9.84 Å². The van der Waals surface area contributed by atoms with Crippen LogP contribution in [0, 0.1) is 11.8 Å². The second-order valence-corrected chi connectivity index (χ2v) is 7.01. The Balaban J connectivity index is 1.69. The Morgan fingerprint density at radius 3 is 2.93 bits per heavy atom. The van der Waals surface area contributed by atoms with E-state index in [1.807, 2.05) is 0 Å². The molecule has 2 aliphatic carbocycles. The lowest BCUT2D eigenvalue weighted by molar-refractivity contribution is 0.166. The number of hydrogen-bond donors (Lipinski definition) is 1. The van der Waals surface area contributed by atoms with Crippen molar-refractivity contribution in [2.24, 2.45) is 11.8 Å². The van der Waals surface area contributed by atoms with E-state index in [0.717, 1.165) is 5.92 Å². The van der Waals surface area contributed by atoms with Crippen molar-refractivity contribution < 1.29 is 8.42 Å². The van der Waals surface area contributed by atoms with Crippen molar-refractivity contribution in [2.75, 3.05) is 18.1 Å². The van der Waals surface area contributed by atoms with Gasteiger partial charge >= 0.3 is 0 Å². The average Bonchev–Trinajstić information content (AvgIpc) is 2.54. The van der Waals surface area contributed by atoms with Crippen LogP contribution in [0.15, 0.2) is 12.2 Å². The summed E-state index contributed by atoms with van der Waals surface area (Å²) in [5.74, 6) is 2.05. The molecule has 4 heteroatoms. The third kappa shape index (κ3) is 2.42. The summed E-state index contributed by atoms with van der Waals surface area (Å²) in [5.41, 5.74) is 0. The summed E-state index contributed by atoms with van der Waals surface area (Å²) < 4.78 is 22.5. The highest BCUT2D eigenvalue weighted by atomic mass is 32.2. The first-order chi connectivity index (χ1) is 7.12. The van der Waals surface area contributed by atoms with Gasteiger partial charge in [0.05, 0.1) is 5.75 Å². The van der Waals surface area contributed by atoms with Gasteiger partial charge in [0.15, 0.2) is 9.84 Å². The molecule has 0 aromatic rings. The van der Waals surface area contributed by atoms with Crippen LogP contribution in [0.2, 0.25) is 0 Å². The fourth-order valence-electron chi connectivity index (χ4n) is 2.49. The molecule has 0 spiro atoms. The van der Waals surface area contributed by atoms with Gasteiger partial charge in [-0.2, -0.15) is 0 Å². The van der Waals surface area contributed by atoms with Gasteiger partial charge in [-0.25, -0.2) is 8.42 Å². The predicted molar refractivity (Wildman–Crippen MR) is 61.5 cm³/mol. The van der Waals surface area contributed by atoms with Gasteiger partial charge in [-0.05, 0) is 24.7 Å². The van der Waals surface area contributed by atoms with Crippen molar-refractivity contribution in [3.05, 3.63) is 12.2 Å². The van der Waals surface area contributed by atoms with E-state index in [2.05, 4.69) is 17.5 Å². The molecule has 1 fully saturated rings. The summed E-state index contributed by atoms with van der Waals surface area (Å²) in [6, 6.07) is 0.529. The van der Waals surface area contributed by atoms with Gasteiger partial charge in [0.25, 0.3) is 0 Å². The van der Waals surface area contributed by atoms with E-state index in [1.165, 1.54) is 12.8 Å². The van der Waals surface area contributed by atoms with Crippen LogP contribution in [0.4, 0.5) is 0 Å². The van der Waals surface area contributed by atoms with Crippen molar-refractivity contribution in [3.8, 4) is 0 Å². The van der Waals surface area contributed by atoms with E-state index < -0.39 is 9.84 Å². The van der Waals surface area contributed by atoms with Gasteiger partial charge < -0.3 is 5.32 Å². The first kappa shape index (κ1) is 11.1. The highest BCUT2D eigenvalue weighted by Gasteiger charge is 2.40. The minimum atomic E-state index is -2.80. The summed E-state index contributed by atoms with van der Waals surface area (Å²) in [6.45, 7) is 2.31. The zero-order chi connectivity index (χ0) is 10.9. The third-order valence-corrected chi connectivity index (χ3v) is 5.33. The zero-order valence-corrected chi connectivity index (χ0v) is 9.96. The van der Waals surface area contributed by atoms with Crippen LogP contribution in [0.3, 0.4) is 0 Å². The number of sulfone groups is 1. The Hall–Kier alpha value is -0.350. The number of hydrogen-bond acceptors (Lipinski definition) is 3. The molecule has 86 valence electrons. The second kappa shape index (κ2) is 4.26. The van der Waals surface area contributed by atoms with E-state index in [4.69, 9.17) is 0 Å². The van der Waals surface area contributed by atoms with E-state index in [9.17, 15) is 8.42 Å². The molecular weight excluding hydrogens is 210 g/mol. The van der Waals surface area contributed by atoms with Crippen molar-refractivity contribution in [2.45, 2.75) is 25.8 Å². The second-order valence-electron chi connectivity index (χ2n) is 4.53. The third-order valence-electron chi connectivity index (χ3n) is 3.62. The van der Waals surface area contributed by atoms with E-state index in [-0.39, 0.29) is 11.5 Å². The molecule has 0 bridgehead atoms. The van der Waals surface area contributed by atoms with Gasteiger partial charge in [0, 0.05) is 18.3 Å². The monoisotopic (exact) mass is 229 g/mol. The van der Waals surface area contributed by atoms with Crippen LogP contribution in [0.1, 0.15) is 19.8 Å². The van der Waals surface area contributed by atoms with Crippen LogP contribution in [0.25, 0.3) is 0 Å². The minimum absolute atomic E-state index is 0.255. The molecule has 3 nitrogen and oxygen atoms in total. The fourth-order valence-corrected chi connectivity index (χ4v) is 3.21. The topological polar surface area (TPSA) is 46.2 Å². The Kier molecular flexibility index (Phi) is 3.16. The lowest BCUT2D eigenvalue weighted by Gasteiger charge is -2.40. The van der Waals surface area contributed by atoms with Gasteiger partial charge in [0.1, 0.15) is 0 Å². The Morgan fingerprint density at radius 2 is 2.27 bits per heavy atom. The Bertz CT molecular complexity index is 348. The molecule has 2 rings (SSSR count). The normalized spacial score (nSPS) is 33.8. The molecule has 2 aliphatic rings. The summed E-state index contributed by atoms with van der Waals surface area (Å²) in [4.78, 5) is 0. The van der Waals surface area contributed by atoms with Crippen molar-refractivity contribution in [1.29, 1.82) is 0 Å². The SMILES string of the molecule is CCS(=O)(=O)CCNC1CC2CC=CC21. The van der Waals surface area contributed by atoms with E-state index in [1.54, 1.807) is 6.92 Å². The zero-order valence-electron chi connectivity index (χ0n) is 9.15. The average molecular weight is 229 g/mol. The van der Waals surface area contributed by atoms with Crippen molar-refractivity contribution in [3.63, 3.8) is 0 Å². The summed E-state index contributed by atoms with van der Waals surface area (Å²) in [7, 11) is -2.80. The molecule has 3 atom stereocenters. The fraction of sp³-hybridized carbons (Fsp3) is 0.818. The summed E-state index contributed by atoms with van der Waals surface area (Å²) in [6.07, 6.45) is 6.96. The molecule has 0 heterocycles. The molecule has 0 aromatic heterocycles. The molecule has 0 radical (unpaired) electrons. The number of allylic oxidation sites excluding steroid dienone is 1. The number of nitrogens with one attached hydrogen (secondary N) is 1. The minimum Gasteiger partial charge on any atom is -0.312 e. The summed E-state index contributed by atoms with van der Waals surface area (Å²) >= 11 is 0. The van der Waals surface area contributed by atoms with Gasteiger partial charge in [0.2, 0.25) is 0 Å². The molecule has 15 heavy (non-hydrogen) atoms. The van der Waals surface area contributed by atoms with Crippen LogP contribution < -0.4 is 5.32 Å². The van der Waals surface area contributed by atoms with Crippen LogP contribution in [0.5, 0.6) is 0 Å². The van der Waals surface area contributed by atoms with Gasteiger partial charge in [-0.1, -0.05) is 19.1 Å².